The molecule has 1 fully saturated rings. The molecule has 1 aromatic heterocycles. The molecule has 0 radical (unpaired) electrons. The summed E-state index contributed by atoms with van der Waals surface area (Å²) in [6, 6.07) is 7.88. The molecule has 2 aromatic rings. The SMILES string of the molecule is C=CCOCC1CCN(C(=O)c2ccc(Cn3ccnc3)cc2)CC1. The molecule has 25 heavy (non-hydrogen) atoms. The molecule has 0 aliphatic carbocycles. The van der Waals surface area contributed by atoms with Crippen molar-refractivity contribution in [3.05, 3.63) is 66.8 Å². The summed E-state index contributed by atoms with van der Waals surface area (Å²) >= 11 is 0. The lowest BCUT2D eigenvalue weighted by molar-refractivity contribution is 0.0575. The summed E-state index contributed by atoms with van der Waals surface area (Å²) in [4.78, 5) is 18.7. The zero-order chi connectivity index (χ0) is 17.5. The summed E-state index contributed by atoms with van der Waals surface area (Å²) < 4.78 is 7.54. The highest BCUT2D eigenvalue weighted by atomic mass is 16.5. The maximum Gasteiger partial charge on any atom is 0.253 e. The molecule has 1 aliphatic heterocycles. The van der Waals surface area contributed by atoms with Gasteiger partial charge in [0.25, 0.3) is 5.91 Å². The Bertz CT molecular complexity index is 671. The number of hydrogen-bond donors (Lipinski definition) is 0. The number of rotatable bonds is 7. The lowest BCUT2D eigenvalue weighted by Gasteiger charge is -2.32. The van der Waals surface area contributed by atoms with Gasteiger partial charge in [0, 0.05) is 44.2 Å². The van der Waals surface area contributed by atoms with Crippen molar-refractivity contribution in [3.63, 3.8) is 0 Å². The first-order valence-corrected chi connectivity index (χ1v) is 8.79. The van der Waals surface area contributed by atoms with E-state index in [0.717, 1.165) is 50.2 Å². The first-order valence-electron chi connectivity index (χ1n) is 8.79. The van der Waals surface area contributed by atoms with E-state index in [9.17, 15) is 4.79 Å². The summed E-state index contributed by atoms with van der Waals surface area (Å²) in [7, 11) is 0. The van der Waals surface area contributed by atoms with Crippen LogP contribution in [0.3, 0.4) is 0 Å². The Morgan fingerprint density at radius 2 is 2.04 bits per heavy atom. The van der Waals surface area contributed by atoms with Crippen LogP contribution in [-0.4, -0.2) is 46.7 Å². The van der Waals surface area contributed by atoms with Crippen molar-refractivity contribution in [2.45, 2.75) is 19.4 Å². The summed E-state index contributed by atoms with van der Waals surface area (Å²) in [5.41, 5.74) is 1.92. The van der Waals surface area contributed by atoms with Gasteiger partial charge in [-0.05, 0) is 36.5 Å². The monoisotopic (exact) mass is 339 g/mol. The number of piperidine rings is 1. The molecule has 1 saturated heterocycles. The van der Waals surface area contributed by atoms with Crippen molar-refractivity contribution in [2.75, 3.05) is 26.3 Å². The van der Waals surface area contributed by atoms with E-state index >= 15 is 0 Å². The maximum absolute atomic E-state index is 12.7. The third-order valence-corrected chi connectivity index (χ3v) is 4.62. The first-order chi connectivity index (χ1) is 12.3. The summed E-state index contributed by atoms with van der Waals surface area (Å²) in [6.45, 7) is 7.39. The molecular formula is C20H25N3O2. The normalized spacial score (nSPS) is 15.3. The molecule has 132 valence electrons. The van der Waals surface area contributed by atoms with Crippen LogP contribution in [0.15, 0.2) is 55.6 Å². The first kappa shape index (κ1) is 17.4. The minimum absolute atomic E-state index is 0.125. The fourth-order valence-electron chi connectivity index (χ4n) is 3.15. The predicted octanol–water partition coefficient (Wildman–Crippen LogP) is 2.99. The lowest BCUT2D eigenvalue weighted by atomic mass is 9.97. The Morgan fingerprint density at radius 1 is 1.28 bits per heavy atom. The molecule has 3 rings (SSSR count). The quantitative estimate of drug-likeness (QED) is 0.575. The third kappa shape index (κ3) is 4.79. The molecule has 5 heteroatoms. The third-order valence-electron chi connectivity index (χ3n) is 4.62. The van der Waals surface area contributed by atoms with Crippen molar-refractivity contribution >= 4 is 5.91 Å². The number of imidazole rings is 1. The van der Waals surface area contributed by atoms with E-state index in [1.807, 2.05) is 39.9 Å². The van der Waals surface area contributed by atoms with Crippen LogP contribution >= 0.6 is 0 Å². The average molecular weight is 339 g/mol. The maximum atomic E-state index is 12.7. The van der Waals surface area contributed by atoms with Crippen molar-refractivity contribution in [1.82, 2.24) is 14.5 Å². The second kappa shape index (κ2) is 8.62. The number of aromatic nitrogens is 2. The van der Waals surface area contributed by atoms with Gasteiger partial charge in [0.1, 0.15) is 0 Å². The minimum Gasteiger partial charge on any atom is -0.377 e. The topological polar surface area (TPSA) is 47.4 Å². The minimum atomic E-state index is 0.125. The zero-order valence-corrected chi connectivity index (χ0v) is 14.5. The molecule has 5 nitrogen and oxygen atoms in total. The van der Waals surface area contributed by atoms with Crippen LogP contribution in [0.5, 0.6) is 0 Å². The van der Waals surface area contributed by atoms with Crippen LogP contribution in [0, 0.1) is 5.92 Å². The fourth-order valence-corrected chi connectivity index (χ4v) is 3.15. The van der Waals surface area contributed by atoms with E-state index in [1.165, 1.54) is 0 Å². The van der Waals surface area contributed by atoms with Gasteiger partial charge in [0.2, 0.25) is 0 Å². The van der Waals surface area contributed by atoms with Crippen molar-refractivity contribution in [1.29, 1.82) is 0 Å². The molecule has 2 heterocycles. The van der Waals surface area contributed by atoms with Crippen molar-refractivity contribution in [3.8, 4) is 0 Å². The molecule has 0 atom stereocenters. The van der Waals surface area contributed by atoms with E-state index in [2.05, 4.69) is 11.6 Å². The molecule has 0 N–H and O–H groups in total. The summed E-state index contributed by atoms with van der Waals surface area (Å²) in [5.74, 6) is 0.668. The standard InChI is InChI=1S/C20H25N3O2/c1-2-13-25-15-18-7-10-23(11-8-18)20(24)19-5-3-17(4-6-19)14-22-12-9-21-16-22/h2-6,9,12,16,18H,1,7-8,10-11,13-15H2. The number of nitrogens with zero attached hydrogens (tertiary/aromatic N) is 3. The average Bonchev–Trinajstić information content (AvgIpc) is 3.16. The fraction of sp³-hybridized carbons (Fsp3) is 0.400. The Kier molecular flexibility index (Phi) is 6.01. The Balaban J connectivity index is 1.50. The van der Waals surface area contributed by atoms with E-state index in [-0.39, 0.29) is 5.91 Å². The van der Waals surface area contributed by atoms with Gasteiger partial charge in [0.05, 0.1) is 12.9 Å². The summed E-state index contributed by atoms with van der Waals surface area (Å²) in [5, 5.41) is 0. The van der Waals surface area contributed by atoms with Crippen LogP contribution in [-0.2, 0) is 11.3 Å². The number of benzene rings is 1. The van der Waals surface area contributed by atoms with Gasteiger partial charge < -0.3 is 14.2 Å². The molecule has 0 spiro atoms. The van der Waals surface area contributed by atoms with Gasteiger partial charge in [-0.15, -0.1) is 6.58 Å². The molecule has 1 aliphatic rings. The number of carbonyl (C=O) groups excluding carboxylic acids is 1. The number of carbonyl (C=O) groups is 1. The van der Waals surface area contributed by atoms with Gasteiger partial charge in [-0.2, -0.15) is 0 Å². The molecule has 1 amide bonds. The Morgan fingerprint density at radius 3 is 2.68 bits per heavy atom. The van der Waals surface area contributed by atoms with Crippen LogP contribution in [0.25, 0.3) is 0 Å². The Hall–Kier alpha value is -2.40. The highest BCUT2D eigenvalue weighted by Gasteiger charge is 2.23. The number of likely N-dealkylation sites (tertiary alicyclic amines) is 1. The molecule has 1 aromatic carbocycles. The highest BCUT2D eigenvalue weighted by molar-refractivity contribution is 5.94. The number of amides is 1. The van der Waals surface area contributed by atoms with Crippen LogP contribution in [0.4, 0.5) is 0 Å². The smallest absolute Gasteiger partial charge is 0.253 e. The number of hydrogen-bond acceptors (Lipinski definition) is 3. The van der Waals surface area contributed by atoms with Gasteiger partial charge in [0.15, 0.2) is 0 Å². The van der Waals surface area contributed by atoms with E-state index in [4.69, 9.17) is 4.74 Å². The Labute approximate surface area is 148 Å². The van der Waals surface area contributed by atoms with Crippen LogP contribution < -0.4 is 0 Å². The van der Waals surface area contributed by atoms with Gasteiger partial charge in [-0.1, -0.05) is 18.2 Å². The summed E-state index contributed by atoms with van der Waals surface area (Å²) in [6.07, 6.45) is 9.27. The predicted molar refractivity (Wildman–Crippen MR) is 97.4 cm³/mol. The van der Waals surface area contributed by atoms with Gasteiger partial charge in [-0.25, -0.2) is 4.98 Å². The number of ether oxygens (including phenoxy) is 1. The molecule has 0 unspecified atom stereocenters. The van der Waals surface area contributed by atoms with Crippen molar-refractivity contribution in [2.24, 2.45) is 5.92 Å². The largest absolute Gasteiger partial charge is 0.377 e. The van der Waals surface area contributed by atoms with Crippen LogP contribution in [0.2, 0.25) is 0 Å². The molecule has 0 saturated carbocycles. The molecule has 0 bridgehead atoms. The second-order valence-electron chi connectivity index (χ2n) is 6.49. The highest BCUT2D eigenvalue weighted by Crippen LogP contribution is 2.19. The zero-order valence-electron chi connectivity index (χ0n) is 14.5. The lowest BCUT2D eigenvalue weighted by Crippen LogP contribution is -2.39. The van der Waals surface area contributed by atoms with Crippen molar-refractivity contribution < 1.29 is 9.53 Å². The molecular weight excluding hydrogens is 314 g/mol. The van der Waals surface area contributed by atoms with Gasteiger partial charge >= 0.3 is 0 Å². The van der Waals surface area contributed by atoms with E-state index in [1.54, 1.807) is 18.6 Å². The van der Waals surface area contributed by atoms with Gasteiger partial charge in [-0.3, -0.25) is 4.79 Å². The second-order valence-corrected chi connectivity index (χ2v) is 6.49. The van der Waals surface area contributed by atoms with E-state index < -0.39 is 0 Å². The van der Waals surface area contributed by atoms with Crippen LogP contribution in [0.1, 0.15) is 28.8 Å². The van der Waals surface area contributed by atoms with E-state index in [0.29, 0.717) is 12.5 Å².